The molecule has 2 aromatic heterocycles. The number of hydrogen-bond acceptors (Lipinski definition) is 4. The van der Waals surface area contributed by atoms with Crippen molar-refractivity contribution in [3.05, 3.63) is 47.1 Å². The van der Waals surface area contributed by atoms with Crippen molar-refractivity contribution in [2.45, 2.75) is 60.0 Å². The molecule has 0 saturated carbocycles. The van der Waals surface area contributed by atoms with E-state index in [-0.39, 0.29) is 24.0 Å². The van der Waals surface area contributed by atoms with Crippen LogP contribution >= 0.6 is 24.0 Å². The Balaban J connectivity index is 0.00000320. The van der Waals surface area contributed by atoms with Gasteiger partial charge in [0.05, 0.1) is 23.3 Å². The number of aromatic nitrogens is 3. The number of aliphatic imine (C=N–C) groups is 1. The maximum Gasteiger partial charge on any atom is 0.191 e. The topological polar surface area (TPSA) is 80.3 Å². The number of rotatable bonds is 9. The molecule has 3 rings (SSSR count). The first-order valence-corrected chi connectivity index (χ1v) is 10.6. The summed E-state index contributed by atoms with van der Waals surface area (Å²) in [6, 6.07) is 8.29. The van der Waals surface area contributed by atoms with Gasteiger partial charge in [0, 0.05) is 31.6 Å². The number of halogens is 1. The Bertz CT molecular complexity index is 940. The van der Waals surface area contributed by atoms with Crippen molar-refractivity contribution in [3.8, 4) is 0 Å². The number of nitrogens with one attached hydrogen (secondary N) is 2. The van der Waals surface area contributed by atoms with Gasteiger partial charge >= 0.3 is 0 Å². The minimum absolute atomic E-state index is 0. The number of aryl methyl sites for hydroxylation is 4. The molecular formula is C22H33IN6O. The fourth-order valence-corrected chi connectivity index (χ4v) is 3.54. The van der Waals surface area contributed by atoms with E-state index in [0.29, 0.717) is 6.54 Å². The summed E-state index contributed by atoms with van der Waals surface area (Å²) in [5.74, 6) is 2.81. The van der Waals surface area contributed by atoms with Gasteiger partial charge in [-0.3, -0.25) is 0 Å². The number of hydrogen-bond donors (Lipinski definition) is 2. The molecule has 2 heterocycles. The van der Waals surface area contributed by atoms with E-state index in [2.05, 4.69) is 71.2 Å². The average Bonchev–Trinajstić information content (AvgIpc) is 3.28. The number of guanidine groups is 1. The molecule has 2 N–H and O–H groups in total. The number of nitrogens with zero attached hydrogens (tertiary/aromatic N) is 4. The molecule has 7 nitrogen and oxygen atoms in total. The van der Waals surface area contributed by atoms with Crippen LogP contribution in [0.4, 0.5) is 0 Å². The molecule has 0 amide bonds. The number of imidazole rings is 1. The molecule has 3 aromatic rings. The van der Waals surface area contributed by atoms with E-state index in [0.717, 1.165) is 73.2 Å². The van der Waals surface area contributed by atoms with E-state index in [1.165, 1.54) is 5.52 Å². The van der Waals surface area contributed by atoms with Crippen molar-refractivity contribution >= 4 is 41.0 Å². The van der Waals surface area contributed by atoms with Gasteiger partial charge in [0.2, 0.25) is 0 Å². The molecule has 0 aliphatic carbocycles. The number of para-hydroxylation sites is 2. The van der Waals surface area contributed by atoms with Crippen molar-refractivity contribution in [1.29, 1.82) is 0 Å². The third kappa shape index (κ3) is 5.74. The van der Waals surface area contributed by atoms with Crippen LogP contribution < -0.4 is 10.6 Å². The maximum atomic E-state index is 5.45. The van der Waals surface area contributed by atoms with Crippen molar-refractivity contribution in [1.82, 2.24) is 25.3 Å². The summed E-state index contributed by atoms with van der Waals surface area (Å²) >= 11 is 0. The molecule has 0 spiro atoms. The first kappa shape index (κ1) is 24.2. The summed E-state index contributed by atoms with van der Waals surface area (Å²) in [5, 5.41) is 10.9. The lowest BCUT2D eigenvalue weighted by Gasteiger charge is -2.12. The Morgan fingerprint density at radius 1 is 1.13 bits per heavy atom. The van der Waals surface area contributed by atoms with Gasteiger partial charge in [-0.1, -0.05) is 31.1 Å². The normalized spacial score (nSPS) is 11.5. The molecule has 0 unspecified atom stereocenters. The fraction of sp³-hybridized carbons (Fsp3) is 0.500. The van der Waals surface area contributed by atoms with Gasteiger partial charge in [-0.15, -0.1) is 24.0 Å². The van der Waals surface area contributed by atoms with E-state index in [4.69, 9.17) is 9.52 Å². The quantitative estimate of drug-likeness (QED) is 0.190. The van der Waals surface area contributed by atoms with E-state index in [9.17, 15) is 0 Å². The summed E-state index contributed by atoms with van der Waals surface area (Å²) in [6.45, 7) is 11.5. The van der Waals surface area contributed by atoms with Gasteiger partial charge in [0.15, 0.2) is 5.96 Å². The summed E-state index contributed by atoms with van der Waals surface area (Å²) < 4.78 is 7.72. The minimum Gasteiger partial charge on any atom is -0.361 e. The molecule has 0 aliphatic rings. The van der Waals surface area contributed by atoms with Crippen LogP contribution in [0.15, 0.2) is 33.8 Å². The summed E-state index contributed by atoms with van der Waals surface area (Å²) in [6.07, 6.45) is 2.68. The molecule has 0 atom stereocenters. The van der Waals surface area contributed by atoms with Crippen LogP contribution in [0.3, 0.4) is 0 Å². The van der Waals surface area contributed by atoms with Gasteiger partial charge in [0.25, 0.3) is 0 Å². The van der Waals surface area contributed by atoms with Gasteiger partial charge in [-0.2, -0.15) is 0 Å². The Kier molecular flexibility index (Phi) is 9.61. The molecule has 30 heavy (non-hydrogen) atoms. The summed E-state index contributed by atoms with van der Waals surface area (Å²) in [7, 11) is 0. The lowest BCUT2D eigenvalue weighted by atomic mass is 10.1. The van der Waals surface area contributed by atoms with Crippen LogP contribution in [0.25, 0.3) is 11.0 Å². The van der Waals surface area contributed by atoms with Crippen LogP contribution in [0.1, 0.15) is 50.0 Å². The van der Waals surface area contributed by atoms with Crippen LogP contribution in [0.2, 0.25) is 0 Å². The second kappa shape index (κ2) is 11.9. The molecule has 8 heteroatoms. The Morgan fingerprint density at radius 3 is 2.67 bits per heavy atom. The predicted molar refractivity (Wildman–Crippen MR) is 133 cm³/mol. The zero-order chi connectivity index (χ0) is 20.6. The number of fused-ring (bicyclic) bond motifs is 1. The molecule has 0 fully saturated rings. The van der Waals surface area contributed by atoms with Gasteiger partial charge in [-0.05, 0) is 38.8 Å². The van der Waals surface area contributed by atoms with Gasteiger partial charge < -0.3 is 19.7 Å². The predicted octanol–water partition coefficient (Wildman–Crippen LogP) is 4.22. The van der Waals surface area contributed by atoms with Crippen molar-refractivity contribution in [2.75, 3.05) is 13.1 Å². The fourth-order valence-electron chi connectivity index (χ4n) is 3.54. The molecular weight excluding hydrogens is 491 g/mol. The molecule has 1 aromatic carbocycles. The third-order valence-electron chi connectivity index (χ3n) is 5.04. The van der Waals surface area contributed by atoms with Crippen molar-refractivity contribution in [2.24, 2.45) is 4.99 Å². The van der Waals surface area contributed by atoms with E-state index in [1.54, 1.807) is 0 Å². The summed E-state index contributed by atoms with van der Waals surface area (Å²) in [4.78, 5) is 9.39. The molecule has 0 saturated heterocycles. The maximum absolute atomic E-state index is 5.45. The van der Waals surface area contributed by atoms with Crippen LogP contribution in [-0.2, 0) is 25.9 Å². The molecule has 0 bridgehead atoms. The molecule has 0 aliphatic heterocycles. The molecule has 0 radical (unpaired) electrons. The average molecular weight is 524 g/mol. The first-order chi connectivity index (χ1) is 14.2. The van der Waals surface area contributed by atoms with Gasteiger partial charge in [0.1, 0.15) is 11.6 Å². The first-order valence-electron chi connectivity index (χ1n) is 10.6. The van der Waals surface area contributed by atoms with E-state index < -0.39 is 0 Å². The second-order valence-corrected chi connectivity index (χ2v) is 7.01. The van der Waals surface area contributed by atoms with E-state index >= 15 is 0 Å². The minimum atomic E-state index is 0. The highest BCUT2D eigenvalue weighted by Crippen LogP contribution is 2.17. The molecule has 164 valence electrons. The zero-order valence-electron chi connectivity index (χ0n) is 18.4. The second-order valence-electron chi connectivity index (χ2n) is 7.01. The highest BCUT2D eigenvalue weighted by molar-refractivity contribution is 14.0. The largest absolute Gasteiger partial charge is 0.361 e. The van der Waals surface area contributed by atoms with Crippen LogP contribution in [-0.4, -0.2) is 33.8 Å². The van der Waals surface area contributed by atoms with Crippen molar-refractivity contribution < 1.29 is 4.52 Å². The number of benzene rings is 1. The Morgan fingerprint density at radius 2 is 1.93 bits per heavy atom. The van der Waals surface area contributed by atoms with E-state index in [1.807, 2.05) is 6.07 Å². The Labute approximate surface area is 195 Å². The Hall–Kier alpha value is -2.10. The van der Waals surface area contributed by atoms with Gasteiger partial charge in [-0.25, -0.2) is 9.98 Å². The van der Waals surface area contributed by atoms with Crippen LogP contribution in [0, 0.1) is 6.92 Å². The summed E-state index contributed by atoms with van der Waals surface area (Å²) in [5.41, 5.74) is 4.37. The monoisotopic (exact) mass is 524 g/mol. The lowest BCUT2D eigenvalue weighted by Crippen LogP contribution is -2.38. The van der Waals surface area contributed by atoms with Crippen molar-refractivity contribution in [3.63, 3.8) is 0 Å². The standard InChI is InChI=1S/C22H32N6O.HI/c1-5-18-17(21(6-2)29-27-18)15-25-22(23-7-3)24-13-10-14-28-16(4)26-19-11-8-9-12-20(19)28;/h8-9,11-12H,5-7,10,13-15H2,1-4H3,(H2,23,24,25);1H. The lowest BCUT2D eigenvalue weighted by molar-refractivity contribution is 0.380. The zero-order valence-corrected chi connectivity index (χ0v) is 20.7. The highest BCUT2D eigenvalue weighted by Gasteiger charge is 2.13. The SMILES string of the molecule is CCNC(=NCc1c(CC)noc1CC)NCCCn1c(C)nc2ccccc21.I. The third-order valence-corrected chi connectivity index (χ3v) is 5.04. The smallest absolute Gasteiger partial charge is 0.191 e. The van der Waals surface area contributed by atoms with Crippen LogP contribution in [0.5, 0.6) is 0 Å². The highest BCUT2D eigenvalue weighted by atomic mass is 127.